The van der Waals surface area contributed by atoms with Gasteiger partial charge in [-0.05, 0) is 49.1 Å². The van der Waals surface area contributed by atoms with E-state index in [4.69, 9.17) is 0 Å². The van der Waals surface area contributed by atoms with Crippen LogP contribution in [0.1, 0.15) is 24.0 Å². The van der Waals surface area contributed by atoms with Gasteiger partial charge in [0.2, 0.25) is 0 Å². The summed E-state index contributed by atoms with van der Waals surface area (Å²) in [6.07, 6.45) is 7.54. The molecule has 4 aromatic rings. The van der Waals surface area contributed by atoms with Gasteiger partial charge < -0.3 is 4.90 Å². The average molecular weight is 382 g/mol. The van der Waals surface area contributed by atoms with Gasteiger partial charge in [-0.2, -0.15) is 0 Å². The first-order valence-electron chi connectivity index (χ1n) is 9.95. The van der Waals surface area contributed by atoms with Gasteiger partial charge in [-0.25, -0.2) is 4.98 Å². The van der Waals surface area contributed by atoms with E-state index < -0.39 is 0 Å². The highest BCUT2D eigenvalue weighted by Crippen LogP contribution is 2.31. The molecule has 5 rings (SSSR count). The predicted octanol–water partition coefficient (Wildman–Crippen LogP) is 4.26. The van der Waals surface area contributed by atoms with Crippen LogP contribution in [0.3, 0.4) is 0 Å². The molecule has 0 spiro atoms. The largest absolute Gasteiger partial charge is 0.345 e. The van der Waals surface area contributed by atoms with E-state index in [2.05, 4.69) is 27.0 Å². The molecule has 2 aromatic heterocycles. The highest BCUT2D eigenvalue weighted by Gasteiger charge is 2.32. The Morgan fingerprint density at radius 2 is 1.86 bits per heavy atom. The maximum Gasteiger partial charge on any atom is 0.298 e. The summed E-state index contributed by atoms with van der Waals surface area (Å²) in [5.41, 5.74) is 3.94. The van der Waals surface area contributed by atoms with Crippen molar-refractivity contribution in [2.75, 3.05) is 4.90 Å². The summed E-state index contributed by atoms with van der Waals surface area (Å²) in [6, 6.07) is 18.5. The van der Waals surface area contributed by atoms with Gasteiger partial charge in [0.15, 0.2) is 5.82 Å². The number of hydrogen-bond donors (Lipinski definition) is 0. The van der Waals surface area contributed by atoms with Gasteiger partial charge in [0.25, 0.3) is 5.56 Å². The molecule has 0 saturated heterocycles. The zero-order valence-corrected chi connectivity index (χ0v) is 16.3. The lowest BCUT2D eigenvalue weighted by molar-refractivity contribution is 0.757. The Balaban J connectivity index is 1.54. The van der Waals surface area contributed by atoms with Gasteiger partial charge in [0.1, 0.15) is 0 Å². The molecule has 1 aliphatic carbocycles. The molecule has 2 aromatic carbocycles. The minimum atomic E-state index is -0.0811. The Hall–Kier alpha value is -3.47. The molecular weight excluding hydrogens is 360 g/mol. The van der Waals surface area contributed by atoms with Crippen LogP contribution in [-0.4, -0.2) is 20.6 Å². The second-order valence-electron chi connectivity index (χ2n) is 7.61. The number of fused-ring (bicyclic) bond motifs is 1. The third-order valence-electron chi connectivity index (χ3n) is 5.46. The summed E-state index contributed by atoms with van der Waals surface area (Å²) in [7, 11) is 0. The maximum atomic E-state index is 13.3. The molecule has 0 unspecified atom stereocenters. The van der Waals surface area contributed by atoms with Crippen molar-refractivity contribution in [3.05, 3.63) is 94.7 Å². The highest BCUT2D eigenvalue weighted by molar-refractivity contribution is 5.78. The van der Waals surface area contributed by atoms with Crippen molar-refractivity contribution in [2.24, 2.45) is 0 Å². The molecule has 0 N–H and O–H groups in total. The zero-order chi connectivity index (χ0) is 19.8. The van der Waals surface area contributed by atoms with E-state index in [-0.39, 0.29) is 5.56 Å². The molecule has 0 bridgehead atoms. The van der Waals surface area contributed by atoms with Gasteiger partial charge in [-0.15, -0.1) is 0 Å². The summed E-state index contributed by atoms with van der Waals surface area (Å²) in [6.45, 7) is 2.64. The number of aryl methyl sites for hydroxylation is 1. The minimum Gasteiger partial charge on any atom is -0.345 e. The van der Waals surface area contributed by atoms with Crippen LogP contribution >= 0.6 is 0 Å². The first kappa shape index (κ1) is 17.6. The van der Waals surface area contributed by atoms with Crippen LogP contribution in [-0.2, 0) is 6.54 Å². The van der Waals surface area contributed by atoms with Crippen molar-refractivity contribution < 1.29 is 0 Å². The summed E-state index contributed by atoms with van der Waals surface area (Å²) in [5, 5.41) is 1.11. The first-order valence-corrected chi connectivity index (χ1v) is 9.95. The van der Waals surface area contributed by atoms with Gasteiger partial charge in [-0.3, -0.25) is 14.3 Å². The van der Waals surface area contributed by atoms with Crippen molar-refractivity contribution in [1.82, 2.24) is 14.5 Å². The number of para-hydroxylation sites is 2. The van der Waals surface area contributed by atoms with E-state index in [1.54, 1.807) is 17.0 Å². The van der Waals surface area contributed by atoms with Gasteiger partial charge in [0, 0.05) is 36.6 Å². The van der Waals surface area contributed by atoms with E-state index in [1.165, 1.54) is 0 Å². The molecule has 144 valence electrons. The molecule has 0 atom stereocenters. The van der Waals surface area contributed by atoms with Crippen molar-refractivity contribution in [3.8, 4) is 5.69 Å². The Kier molecular flexibility index (Phi) is 4.35. The number of rotatable bonds is 5. The maximum absolute atomic E-state index is 13.3. The Morgan fingerprint density at radius 3 is 2.69 bits per heavy atom. The van der Waals surface area contributed by atoms with Crippen LogP contribution in [0.2, 0.25) is 0 Å². The zero-order valence-electron chi connectivity index (χ0n) is 16.3. The summed E-state index contributed by atoms with van der Waals surface area (Å²) < 4.78 is 1.70. The smallest absolute Gasteiger partial charge is 0.298 e. The van der Waals surface area contributed by atoms with Crippen molar-refractivity contribution in [2.45, 2.75) is 32.4 Å². The molecule has 2 heterocycles. The molecular formula is C24H22N4O. The Labute approximate surface area is 169 Å². The summed E-state index contributed by atoms with van der Waals surface area (Å²) in [5.74, 6) is 0.506. The normalized spacial score (nSPS) is 13.6. The lowest BCUT2D eigenvalue weighted by Gasteiger charge is -2.23. The fraction of sp³-hybridized carbons (Fsp3) is 0.208. The van der Waals surface area contributed by atoms with Gasteiger partial charge in [-0.1, -0.05) is 36.4 Å². The van der Waals surface area contributed by atoms with E-state index in [0.717, 1.165) is 40.6 Å². The van der Waals surface area contributed by atoms with E-state index >= 15 is 0 Å². The van der Waals surface area contributed by atoms with Crippen LogP contribution in [0, 0.1) is 6.92 Å². The van der Waals surface area contributed by atoms with Crippen molar-refractivity contribution in [3.63, 3.8) is 0 Å². The lowest BCUT2D eigenvalue weighted by Crippen LogP contribution is -2.34. The topological polar surface area (TPSA) is 51.0 Å². The third-order valence-corrected chi connectivity index (χ3v) is 5.46. The second-order valence-corrected chi connectivity index (χ2v) is 7.61. The number of hydrogen-bond acceptors (Lipinski definition) is 4. The molecule has 0 aliphatic heterocycles. The minimum absolute atomic E-state index is 0.0811. The number of benzene rings is 2. The highest BCUT2D eigenvalue weighted by atomic mass is 16.1. The molecule has 1 saturated carbocycles. The second kappa shape index (κ2) is 7.17. The van der Waals surface area contributed by atoms with Crippen LogP contribution in [0.5, 0.6) is 0 Å². The van der Waals surface area contributed by atoms with Crippen LogP contribution in [0.4, 0.5) is 5.82 Å². The first-order chi connectivity index (χ1) is 14.2. The molecule has 29 heavy (non-hydrogen) atoms. The fourth-order valence-electron chi connectivity index (χ4n) is 3.78. The number of pyridine rings is 1. The summed E-state index contributed by atoms with van der Waals surface area (Å²) in [4.78, 5) is 24.5. The fourth-order valence-corrected chi connectivity index (χ4v) is 3.78. The SMILES string of the molecule is Cc1ccccc1-n1ccnc(N(Cc2cnc3ccccc3c2)C2CC2)c1=O. The molecule has 5 nitrogen and oxygen atoms in total. The van der Waals surface area contributed by atoms with Crippen LogP contribution < -0.4 is 10.5 Å². The van der Waals surface area contributed by atoms with Crippen LogP contribution in [0.25, 0.3) is 16.6 Å². The summed E-state index contributed by atoms with van der Waals surface area (Å²) >= 11 is 0. The van der Waals surface area contributed by atoms with Crippen molar-refractivity contribution >= 4 is 16.7 Å². The molecule has 0 radical (unpaired) electrons. The van der Waals surface area contributed by atoms with Gasteiger partial charge >= 0.3 is 0 Å². The molecule has 0 amide bonds. The number of anilines is 1. The lowest BCUT2D eigenvalue weighted by atomic mass is 10.1. The third kappa shape index (κ3) is 3.40. The molecule has 1 aliphatic rings. The average Bonchev–Trinajstić information content (AvgIpc) is 3.58. The van der Waals surface area contributed by atoms with Crippen molar-refractivity contribution in [1.29, 1.82) is 0 Å². The predicted molar refractivity (Wildman–Crippen MR) is 116 cm³/mol. The Morgan fingerprint density at radius 1 is 1.07 bits per heavy atom. The number of aromatic nitrogens is 3. The quantitative estimate of drug-likeness (QED) is 0.518. The van der Waals surface area contributed by atoms with E-state index in [1.807, 2.05) is 55.6 Å². The molecule has 1 fully saturated rings. The Bertz CT molecular complexity index is 1240. The monoisotopic (exact) mass is 382 g/mol. The van der Waals surface area contributed by atoms with E-state index in [0.29, 0.717) is 18.4 Å². The van der Waals surface area contributed by atoms with E-state index in [9.17, 15) is 4.79 Å². The number of nitrogens with zero attached hydrogens (tertiary/aromatic N) is 4. The van der Waals surface area contributed by atoms with Gasteiger partial charge in [0.05, 0.1) is 11.2 Å². The van der Waals surface area contributed by atoms with Crippen LogP contribution in [0.15, 0.2) is 78.0 Å². The standard InChI is InChI=1S/C24H22N4O/c1-17-6-2-5-9-22(17)27-13-12-25-23(24(27)29)28(20-10-11-20)16-18-14-19-7-3-4-8-21(19)26-15-18/h2-9,12-15,20H,10-11,16H2,1H3. The molecule has 5 heteroatoms.